The van der Waals surface area contributed by atoms with Gasteiger partial charge in [-0.2, -0.15) is 10.4 Å². The fourth-order valence-corrected chi connectivity index (χ4v) is 3.60. The van der Waals surface area contributed by atoms with E-state index in [1.165, 1.54) is 12.8 Å². The van der Waals surface area contributed by atoms with Crippen LogP contribution in [0, 0.1) is 17.2 Å². The third-order valence-electron chi connectivity index (χ3n) is 4.80. The summed E-state index contributed by atoms with van der Waals surface area (Å²) in [6, 6.07) is 4.36. The standard InChI is InChI=1S/C18H22N6/c1-13(17-15-8-10-21-18(15)23-12-22-17)11-24(20-2)16(7-9-19)14-5-3-4-6-14/h8,10-12,14,16H,2-7H2,1H3,(H,21,22,23)/b13-11+/t16-/m1/s1. The Kier molecular flexibility index (Phi) is 4.90. The van der Waals surface area contributed by atoms with Crippen molar-refractivity contribution >= 4 is 23.3 Å². The minimum absolute atomic E-state index is 0.0773. The monoisotopic (exact) mass is 322 g/mol. The zero-order valence-electron chi connectivity index (χ0n) is 13.9. The first-order valence-corrected chi connectivity index (χ1v) is 8.33. The van der Waals surface area contributed by atoms with Crippen molar-refractivity contribution < 1.29 is 0 Å². The molecule has 1 saturated carbocycles. The lowest BCUT2D eigenvalue weighted by molar-refractivity contribution is 0.213. The Morgan fingerprint density at radius 2 is 2.33 bits per heavy atom. The Morgan fingerprint density at radius 3 is 3.04 bits per heavy atom. The highest BCUT2D eigenvalue weighted by molar-refractivity contribution is 5.87. The van der Waals surface area contributed by atoms with Crippen LogP contribution in [0.1, 0.15) is 44.7 Å². The minimum Gasteiger partial charge on any atom is -0.346 e. The van der Waals surface area contributed by atoms with E-state index in [9.17, 15) is 5.26 Å². The zero-order chi connectivity index (χ0) is 16.9. The second-order valence-corrected chi connectivity index (χ2v) is 6.27. The van der Waals surface area contributed by atoms with Gasteiger partial charge in [-0.25, -0.2) is 9.97 Å². The summed E-state index contributed by atoms with van der Waals surface area (Å²) in [7, 11) is 0. The Balaban J connectivity index is 1.92. The molecule has 0 aromatic carbocycles. The molecule has 6 nitrogen and oxygen atoms in total. The lowest BCUT2D eigenvalue weighted by Crippen LogP contribution is -2.32. The molecule has 0 saturated heterocycles. The Bertz CT molecular complexity index is 778. The lowest BCUT2D eigenvalue weighted by Gasteiger charge is -2.29. The number of nitrogens with zero attached hydrogens (tertiary/aromatic N) is 5. The minimum atomic E-state index is 0.0773. The molecule has 0 unspecified atom stereocenters. The van der Waals surface area contributed by atoms with Crippen molar-refractivity contribution in [1.82, 2.24) is 20.0 Å². The molecule has 2 aromatic rings. The van der Waals surface area contributed by atoms with Crippen molar-refractivity contribution in [2.75, 3.05) is 0 Å². The van der Waals surface area contributed by atoms with E-state index in [0.717, 1.165) is 35.1 Å². The molecule has 2 heterocycles. The first-order valence-electron chi connectivity index (χ1n) is 8.33. The van der Waals surface area contributed by atoms with Crippen LogP contribution in [0.3, 0.4) is 0 Å². The second kappa shape index (κ2) is 7.26. The van der Waals surface area contributed by atoms with Gasteiger partial charge in [0.05, 0.1) is 24.2 Å². The molecule has 0 radical (unpaired) electrons. The van der Waals surface area contributed by atoms with Crippen LogP contribution in [-0.4, -0.2) is 32.7 Å². The van der Waals surface area contributed by atoms with Crippen LogP contribution in [0.5, 0.6) is 0 Å². The summed E-state index contributed by atoms with van der Waals surface area (Å²) in [5.74, 6) is 0.497. The van der Waals surface area contributed by atoms with Gasteiger partial charge in [-0.05, 0) is 37.3 Å². The number of nitrogens with one attached hydrogen (secondary N) is 1. The molecule has 1 fully saturated rings. The van der Waals surface area contributed by atoms with Crippen molar-refractivity contribution in [2.24, 2.45) is 11.0 Å². The van der Waals surface area contributed by atoms with Gasteiger partial charge in [0.15, 0.2) is 0 Å². The van der Waals surface area contributed by atoms with Crippen LogP contribution >= 0.6 is 0 Å². The molecule has 0 spiro atoms. The molecule has 1 atom stereocenters. The lowest BCUT2D eigenvalue weighted by atomic mass is 9.95. The number of rotatable bonds is 6. The highest BCUT2D eigenvalue weighted by Crippen LogP contribution is 2.33. The van der Waals surface area contributed by atoms with Gasteiger partial charge in [0.25, 0.3) is 0 Å². The van der Waals surface area contributed by atoms with Crippen LogP contribution in [0.25, 0.3) is 16.6 Å². The van der Waals surface area contributed by atoms with E-state index >= 15 is 0 Å². The number of allylic oxidation sites excluding steroid dienone is 1. The van der Waals surface area contributed by atoms with E-state index in [-0.39, 0.29) is 6.04 Å². The van der Waals surface area contributed by atoms with Crippen LogP contribution in [0.2, 0.25) is 0 Å². The van der Waals surface area contributed by atoms with Gasteiger partial charge < -0.3 is 4.98 Å². The Morgan fingerprint density at radius 1 is 1.54 bits per heavy atom. The number of hydrazone groups is 1. The largest absolute Gasteiger partial charge is 0.346 e. The van der Waals surface area contributed by atoms with E-state index in [1.54, 1.807) is 6.33 Å². The van der Waals surface area contributed by atoms with Crippen molar-refractivity contribution in [3.8, 4) is 6.07 Å². The van der Waals surface area contributed by atoms with Crippen molar-refractivity contribution in [3.63, 3.8) is 0 Å². The summed E-state index contributed by atoms with van der Waals surface area (Å²) in [4.78, 5) is 11.7. The molecule has 1 N–H and O–H groups in total. The molecule has 0 bridgehead atoms. The molecule has 6 heteroatoms. The van der Waals surface area contributed by atoms with E-state index in [1.807, 2.05) is 30.4 Å². The topological polar surface area (TPSA) is 81.0 Å². The molecule has 0 amide bonds. The van der Waals surface area contributed by atoms with Crippen molar-refractivity contribution in [3.05, 3.63) is 30.5 Å². The summed E-state index contributed by atoms with van der Waals surface area (Å²) in [5.41, 5.74) is 2.67. The third kappa shape index (κ3) is 3.16. The van der Waals surface area contributed by atoms with Gasteiger partial charge in [-0.15, -0.1) is 0 Å². The van der Waals surface area contributed by atoms with Crippen LogP contribution < -0.4 is 0 Å². The molecule has 2 aromatic heterocycles. The Hall–Kier alpha value is -2.68. The van der Waals surface area contributed by atoms with Gasteiger partial charge in [0, 0.05) is 24.5 Å². The van der Waals surface area contributed by atoms with E-state index < -0.39 is 0 Å². The molecule has 1 aliphatic carbocycles. The quantitative estimate of drug-likeness (QED) is 0.649. The maximum absolute atomic E-state index is 9.22. The molecule has 24 heavy (non-hydrogen) atoms. The van der Waals surface area contributed by atoms with E-state index in [2.05, 4.69) is 32.8 Å². The maximum atomic E-state index is 9.22. The molecule has 1 aliphatic rings. The van der Waals surface area contributed by atoms with E-state index in [4.69, 9.17) is 0 Å². The number of aromatic nitrogens is 3. The average Bonchev–Trinajstić information content (AvgIpc) is 3.28. The number of hydrogen-bond donors (Lipinski definition) is 1. The summed E-state index contributed by atoms with van der Waals surface area (Å²) in [6.07, 6.45) is 10.6. The summed E-state index contributed by atoms with van der Waals surface area (Å²) in [5, 5.41) is 16.2. The first-order chi connectivity index (χ1) is 11.7. The highest BCUT2D eigenvalue weighted by Gasteiger charge is 2.28. The molecular weight excluding hydrogens is 300 g/mol. The number of aromatic amines is 1. The fourth-order valence-electron chi connectivity index (χ4n) is 3.60. The first kappa shape index (κ1) is 16.2. The highest BCUT2D eigenvalue weighted by atomic mass is 15.5. The number of hydrogen-bond acceptors (Lipinski definition) is 5. The third-order valence-corrected chi connectivity index (χ3v) is 4.80. The number of nitriles is 1. The second-order valence-electron chi connectivity index (χ2n) is 6.27. The summed E-state index contributed by atoms with van der Waals surface area (Å²) >= 11 is 0. The predicted molar refractivity (Wildman–Crippen MR) is 94.9 cm³/mol. The molecule has 124 valence electrons. The molecular formula is C18H22N6. The van der Waals surface area contributed by atoms with Gasteiger partial charge in [0.2, 0.25) is 0 Å². The fraction of sp³-hybridized carbons (Fsp3) is 0.444. The van der Waals surface area contributed by atoms with Crippen molar-refractivity contribution in [2.45, 2.75) is 45.1 Å². The van der Waals surface area contributed by atoms with E-state index in [0.29, 0.717) is 12.3 Å². The van der Waals surface area contributed by atoms with Crippen LogP contribution in [-0.2, 0) is 0 Å². The smallest absolute Gasteiger partial charge is 0.141 e. The molecule has 0 aliphatic heterocycles. The Labute approximate surface area is 141 Å². The summed E-state index contributed by atoms with van der Waals surface area (Å²) < 4.78 is 0. The van der Waals surface area contributed by atoms with Gasteiger partial charge in [-0.1, -0.05) is 12.8 Å². The van der Waals surface area contributed by atoms with Crippen molar-refractivity contribution in [1.29, 1.82) is 5.26 Å². The van der Waals surface area contributed by atoms with Gasteiger partial charge in [0.1, 0.15) is 12.0 Å². The average molecular weight is 322 g/mol. The normalized spacial score (nSPS) is 16.9. The van der Waals surface area contributed by atoms with Gasteiger partial charge >= 0.3 is 0 Å². The zero-order valence-corrected chi connectivity index (χ0v) is 13.9. The number of H-pyrrole nitrogens is 1. The van der Waals surface area contributed by atoms with Gasteiger partial charge in [-0.3, -0.25) is 5.01 Å². The van der Waals surface area contributed by atoms with Crippen LogP contribution in [0.15, 0.2) is 29.9 Å². The maximum Gasteiger partial charge on any atom is 0.141 e. The van der Waals surface area contributed by atoms with Crippen LogP contribution in [0.4, 0.5) is 0 Å². The number of fused-ring (bicyclic) bond motifs is 1. The SMILES string of the molecule is C=NN(/C=C(\C)c1ncnc2[nH]ccc12)[C@H](CC#N)C1CCCC1. The molecule has 3 rings (SSSR count). The summed E-state index contributed by atoms with van der Waals surface area (Å²) in [6.45, 7) is 5.72. The predicted octanol–water partition coefficient (Wildman–Crippen LogP) is 3.71.